The number of hydrogen-bond acceptors (Lipinski definition) is 2. The van der Waals surface area contributed by atoms with E-state index in [2.05, 4.69) is 6.92 Å². The van der Waals surface area contributed by atoms with Gasteiger partial charge in [-0.1, -0.05) is 99.1 Å². The highest BCUT2D eigenvalue weighted by molar-refractivity contribution is 14.1. The lowest BCUT2D eigenvalue weighted by atomic mass is 10.1. The summed E-state index contributed by atoms with van der Waals surface area (Å²) in [5, 5.41) is -3.72. The van der Waals surface area contributed by atoms with E-state index in [9.17, 15) is 17.2 Å². The number of benzene rings is 1. The Hall–Kier alpha value is -0.240. The van der Waals surface area contributed by atoms with Gasteiger partial charge in [-0.05, 0) is 18.6 Å². The van der Waals surface area contributed by atoms with Gasteiger partial charge >= 0.3 is 5.25 Å². The van der Waals surface area contributed by atoms with Gasteiger partial charge in [0.25, 0.3) is 0 Å². The Morgan fingerprint density at radius 1 is 0.960 bits per heavy atom. The van der Waals surface area contributed by atoms with Crippen LogP contribution in [0.2, 0.25) is 0 Å². The van der Waals surface area contributed by atoms with Gasteiger partial charge in [0.15, 0.2) is 0 Å². The Kier molecular flexibility index (Phi) is 10.5. The van der Waals surface area contributed by atoms with E-state index in [-0.39, 0.29) is 8.82 Å². The van der Waals surface area contributed by atoms with Crippen molar-refractivity contribution in [2.24, 2.45) is 0 Å². The predicted octanol–water partition coefficient (Wildman–Crippen LogP) is 6.78. The minimum atomic E-state index is -4.62. The van der Waals surface area contributed by atoms with Gasteiger partial charge in [0.2, 0.25) is 9.84 Å². The zero-order valence-electron chi connectivity index (χ0n) is 14.9. The molecule has 0 aromatic heterocycles. The number of rotatable bonds is 13. The third-order valence-electron chi connectivity index (χ3n) is 4.28. The smallest absolute Gasteiger partial charge is 0.217 e. The van der Waals surface area contributed by atoms with Gasteiger partial charge in [0.1, 0.15) is 0 Å². The summed E-state index contributed by atoms with van der Waals surface area (Å²) in [5.74, 6) is 0. The lowest BCUT2D eigenvalue weighted by Crippen LogP contribution is -2.31. The van der Waals surface area contributed by atoms with Crippen molar-refractivity contribution < 1.29 is 17.2 Å². The summed E-state index contributed by atoms with van der Waals surface area (Å²) in [4.78, 5) is -0.310. The molecule has 1 unspecified atom stereocenters. The van der Waals surface area contributed by atoms with Crippen molar-refractivity contribution in [2.75, 3.05) is 0 Å². The molecule has 0 amide bonds. The van der Waals surface area contributed by atoms with Crippen molar-refractivity contribution in [2.45, 2.75) is 85.2 Å². The second kappa shape index (κ2) is 11.5. The van der Waals surface area contributed by atoms with E-state index in [1.807, 2.05) is 22.6 Å². The van der Waals surface area contributed by atoms with Crippen LogP contribution in [-0.4, -0.2) is 17.6 Å². The summed E-state index contributed by atoms with van der Waals surface area (Å²) in [6.07, 6.45) is 9.28. The van der Waals surface area contributed by atoms with Crippen LogP contribution in [0.25, 0.3) is 0 Å². The first-order valence-electron chi connectivity index (χ1n) is 9.13. The van der Waals surface area contributed by atoms with Crippen molar-refractivity contribution in [1.82, 2.24) is 0 Å². The highest BCUT2D eigenvalue weighted by Crippen LogP contribution is 2.36. The Labute approximate surface area is 164 Å². The number of unbranched alkanes of at least 4 members (excludes halogenated alkanes) is 7. The molecule has 0 aliphatic rings. The molecule has 144 valence electrons. The van der Waals surface area contributed by atoms with E-state index in [4.69, 9.17) is 0 Å². The van der Waals surface area contributed by atoms with Crippen molar-refractivity contribution >= 4 is 32.4 Å². The standard InChI is InChI=1S/C19H29F2IO2S/c1-2-3-4-5-6-7-8-10-13-17(22)16-19(20,21)25(23,24)18-14-11-9-12-15-18/h9,11-12,14-15,17H,2-8,10,13,16H2,1H3. The summed E-state index contributed by atoms with van der Waals surface area (Å²) in [7, 11) is -4.62. The Bertz CT molecular complexity index is 576. The van der Waals surface area contributed by atoms with Crippen LogP contribution in [0.3, 0.4) is 0 Å². The summed E-state index contributed by atoms with van der Waals surface area (Å²) < 4.78 is 52.5. The summed E-state index contributed by atoms with van der Waals surface area (Å²) in [5.41, 5.74) is 0. The fraction of sp³-hybridized carbons (Fsp3) is 0.684. The Morgan fingerprint density at radius 3 is 2.04 bits per heavy atom. The highest BCUT2D eigenvalue weighted by atomic mass is 127. The van der Waals surface area contributed by atoms with Gasteiger partial charge in [-0.3, -0.25) is 0 Å². The van der Waals surface area contributed by atoms with Crippen LogP contribution in [0.4, 0.5) is 8.78 Å². The van der Waals surface area contributed by atoms with E-state index in [1.165, 1.54) is 56.4 Å². The average Bonchev–Trinajstić information content (AvgIpc) is 2.57. The molecule has 0 saturated carbocycles. The largest absolute Gasteiger partial charge is 0.351 e. The lowest BCUT2D eigenvalue weighted by Gasteiger charge is -2.20. The molecule has 1 rings (SSSR count). The number of sulfone groups is 1. The zero-order chi connectivity index (χ0) is 18.8. The van der Waals surface area contributed by atoms with Crippen molar-refractivity contribution in [1.29, 1.82) is 0 Å². The Balaban J connectivity index is 2.36. The first-order valence-corrected chi connectivity index (χ1v) is 11.9. The quantitative estimate of drug-likeness (QED) is 0.175. The second-order valence-electron chi connectivity index (χ2n) is 6.52. The van der Waals surface area contributed by atoms with Crippen molar-refractivity contribution in [3.05, 3.63) is 30.3 Å². The molecule has 2 nitrogen and oxygen atoms in total. The topological polar surface area (TPSA) is 34.1 Å². The van der Waals surface area contributed by atoms with Crippen LogP contribution >= 0.6 is 22.6 Å². The molecule has 25 heavy (non-hydrogen) atoms. The molecular formula is C19H29F2IO2S. The normalized spacial score (nSPS) is 13.8. The fourth-order valence-corrected chi connectivity index (χ4v) is 5.31. The first kappa shape index (κ1) is 22.8. The third kappa shape index (κ3) is 7.89. The van der Waals surface area contributed by atoms with Gasteiger partial charge < -0.3 is 0 Å². The SMILES string of the molecule is CCCCCCCCCCC(I)CC(F)(F)S(=O)(=O)c1ccccc1. The van der Waals surface area contributed by atoms with Gasteiger partial charge in [-0.15, -0.1) is 0 Å². The molecule has 1 aromatic carbocycles. The molecule has 6 heteroatoms. The number of alkyl halides is 3. The van der Waals surface area contributed by atoms with E-state index in [0.29, 0.717) is 6.42 Å². The van der Waals surface area contributed by atoms with Crippen LogP contribution in [-0.2, 0) is 9.84 Å². The van der Waals surface area contributed by atoms with Crippen molar-refractivity contribution in [3.8, 4) is 0 Å². The average molecular weight is 486 g/mol. The molecule has 0 saturated heterocycles. The fourth-order valence-electron chi connectivity index (χ4n) is 2.74. The molecule has 0 bridgehead atoms. The van der Waals surface area contributed by atoms with Crippen LogP contribution in [0.1, 0.15) is 71.1 Å². The maximum atomic E-state index is 14.3. The molecule has 0 N–H and O–H groups in total. The summed E-state index contributed by atoms with van der Waals surface area (Å²) >= 11 is 1.96. The van der Waals surface area contributed by atoms with Crippen molar-refractivity contribution in [3.63, 3.8) is 0 Å². The monoisotopic (exact) mass is 486 g/mol. The molecule has 0 aliphatic heterocycles. The molecule has 0 radical (unpaired) electrons. The van der Waals surface area contributed by atoms with Crippen LogP contribution in [0.15, 0.2) is 35.2 Å². The number of halogens is 3. The highest BCUT2D eigenvalue weighted by Gasteiger charge is 2.46. The first-order chi connectivity index (χ1) is 11.8. The second-order valence-corrected chi connectivity index (χ2v) is 10.4. The molecule has 0 spiro atoms. The maximum absolute atomic E-state index is 14.3. The zero-order valence-corrected chi connectivity index (χ0v) is 17.9. The molecular weight excluding hydrogens is 457 g/mol. The Morgan fingerprint density at radius 2 is 1.48 bits per heavy atom. The van der Waals surface area contributed by atoms with Gasteiger partial charge in [-0.25, -0.2) is 8.42 Å². The maximum Gasteiger partial charge on any atom is 0.351 e. The summed E-state index contributed by atoms with van der Waals surface area (Å²) in [6, 6.07) is 6.99. The van der Waals surface area contributed by atoms with E-state index in [0.717, 1.165) is 19.3 Å². The molecule has 0 aliphatic carbocycles. The third-order valence-corrected chi connectivity index (χ3v) is 7.19. The van der Waals surface area contributed by atoms with E-state index in [1.54, 1.807) is 6.07 Å². The minimum Gasteiger partial charge on any atom is -0.217 e. The van der Waals surface area contributed by atoms with Crippen LogP contribution in [0, 0.1) is 0 Å². The van der Waals surface area contributed by atoms with Gasteiger partial charge in [0, 0.05) is 10.3 Å². The lowest BCUT2D eigenvalue weighted by molar-refractivity contribution is 0.0820. The van der Waals surface area contributed by atoms with Gasteiger partial charge in [0.05, 0.1) is 4.90 Å². The number of hydrogen-bond donors (Lipinski definition) is 0. The molecule has 0 fully saturated rings. The van der Waals surface area contributed by atoms with Crippen LogP contribution < -0.4 is 0 Å². The minimum absolute atomic E-state index is 0.310. The summed E-state index contributed by atoms with van der Waals surface area (Å²) in [6.45, 7) is 2.19. The predicted molar refractivity (Wildman–Crippen MR) is 108 cm³/mol. The molecule has 1 atom stereocenters. The molecule has 1 aromatic rings. The van der Waals surface area contributed by atoms with Crippen LogP contribution in [0.5, 0.6) is 0 Å². The van der Waals surface area contributed by atoms with E-state index < -0.39 is 21.5 Å². The van der Waals surface area contributed by atoms with E-state index >= 15 is 0 Å². The van der Waals surface area contributed by atoms with Gasteiger partial charge in [-0.2, -0.15) is 8.78 Å². The molecule has 0 heterocycles.